The Morgan fingerprint density at radius 2 is 2.03 bits per heavy atom. The number of carbonyl (C=O) groups excluding carboxylic acids is 1. The second kappa shape index (κ2) is 8.55. The molecule has 1 aliphatic carbocycles. The van der Waals surface area contributed by atoms with E-state index in [2.05, 4.69) is 10.3 Å². The number of fused-ring (bicyclic) bond motifs is 2. The Bertz CT molecular complexity index is 1370. The van der Waals surface area contributed by atoms with E-state index in [1.165, 1.54) is 22.8 Å². The summed E-state index contributed by atoms with van der Waals surface area (Å²) in [7, 11) is 0. The smallest absolute Gasteiger partial charge is 0.338 e. The predicted octanol–water partition coefficient (Wildman–Crippen LogP) is 4.19. The zero-order valence-electron chi connectivity index (χ0n) is 19.4. The molecule has 0 aliphatic heterocycles. The van der Waals surface area contributed by atoms with E-state index in [1.54, 1.807) is 33.8 Å². The molecule has 0 saturated carbocycles. The maximum atomic E-state index is 14.7. The van der Waals surface area contributed by atoms with Crippen molar-refractivity contribution in [1.82, 2.24) is 9.55 Å². The summed E-state index contributed by atoms with van der Waals surface area (Å²) in [4.78, 5) is 41.2. The average Bonchev–Trinajstić information content (AvgIpc) is 3.14. The zero-order valence-corrected chi connectivity index (χ0v) is 19.4. The summed E-state index contributed by atoms with van der Waals surface area (Å²) in [5.74, 6) is -2.17. The first-order valence-corrected chi connectivity index (χ1v) is 11.0. The first-order chi connectivity index (χ1) is 16.0. The second-order valence-corrected chi connectivity index (χ2v) is 9.48. The van der Waals surface area contributed by atoms with E-state index in [0.717, 1.165) is 11.1 Å². The number of benzene rings is 2. The van der Waals surface area contributed by atoms with Crippen molar-refractivity contribution in [3.63, 3.8) is 0 Å². The van der Waals surface area contributed by atoms with Gasteiger partial charge in [-0.3, -0.25) is 14.2 Å². The fourth-order valence-electron chi connectivity index (χ4n) is 4.07. The van der Waals surface area contributed by atoms with Crippen LogP contribution in [0, 0.1) is 18.2 Å². The topological polar surface area (TPSA) is 111 Å². The van der Waals surface area contributed by atoms with Crippen LogP contribution in [0.1, 0.15) is 60.5 Å². The minimum Gasteiger partial charge on any atom is -0.478 e. The molecule has 9 heteroatoms. The average molecular weight is 467 g/mol. The summed E-state index contributed by atoms with van der Waals surface area (Å²) < 4.78 is 21.3. The van der Waals surface area contributed by atoms with Crippen LogP contribution in [-0.2, 0) is 22.7 Å². The Hall–Kier alpha value is -3.75. The fourth-order valence-corrected chi connectivity index (χ4v) is 4.07. The van der Waals surface area contributed by atoms with Crippen LogP contribution < -0.4 is 10.9 Å². The maximum absolute atomic E-state index is 14.7. The first-order valence-electron chi connectivity index (χ1n) is 11.0. The molecule has 0 fully saturated rings. The number of esters is 1. The van der Waals surface area contributed by atoms with Crippen LogP contribution in [0.15, 0.2) is 35.1 Å². The molecule has 0 unspecified atom stereocenters. The minimum atomic E-state index is -1.34. The Morgan fingerprint density at radius 1 is 1.29 bits per heavy atom. The number of halogens is 1. The lowest BCUT2D eigenvalue weighted by atomic mass is 9.98. The first kappa shape index (κ1) is 23.4. The van der Waals surface area contributed by atoms with Gasteiger partial charge >= 0.3 is 11.9 Å². The number of anilines is 1. The third-order valence-electron chi connectivity index (χ3n) is 5.98. The molecule has 2 aromatic carbocycles. The van der Waals surface area contributed by atoms with Crippen molar-refractivity contribution in [2.45, 2.75) is 53.3 Å². The Balaban J connectivity index is 1.69. The van der Waals surface area contributed by atoms with Gasteiger partial charge in [-0.15, -0.1) is 0 Å². The van der Waals surface area contributed by atoms with E-state index in [9.17, 15) is 23.9 Å². The highest BCUT2D eigenvalue weighted by Gasteiger charge is 2.27. The van der Waals surface area contributed by atoms with Gasteiger partial charge in [0, 0.05) is 0 Å². The molecule has 0 bridgehead atoms. The molecular formula is C25H26FN3O5. The summed E-state index contributed by atoms with van der Waals surface area (Å²) >= 11 is 0. The van der Waals surface area contributed by atoms with Crippen molar-refractivity contribution < 1.29 is 23.8 Å². The number of hydrogen-bond acceptors (Lipinski definition) is 6. The van der Waals surface area contributed by atoms with Crippen LogP contribution in [0.5, 0.6) is 0 Å². The van der Waals surface area contributed by atoms with Crippen LogP contribution in [0.2, 0.25) is 0 Å². The Labute approximate surface area is 195 Å². The van der Waals surface area contributed by atoms with Crippen molar-refractivity contribution in [2.75, 3.05) is 5.32 Å². The maximum Gasteiger partial charge on any atom is 0.338 e. The molecule has 8 nitrogen and oxygen atoms in total. The van der Waals surface area contributed by atoms with Gasteiger partial charge in [0.25, 0.3) is 5.56 Å². The number of ether oxygens (including phenoxy) is 1. The molecule has 0 saturated heterocycles. The summed E-state index contributed by atoms with van der Waals surface area (Å²) in [5.41, 5.74) is 1.00. The molecule has 1 atom stereocenters. The van der Waals surface area contributed by atoms with Gasteiger partial charge in [-0.1, -0.05) is 6.07 Å². The Kier molecular flexibility index (Phi) is 5.89. The highest BCUT2D eigenvalue weighted by Crippen LogP contribution is 2.36. The third-order valence-corrected chi connectivity index (χ3v) is 5.98. The minimum absolute atomic E-state index is 0.0892. The number of nitrogens with zero attached hydrogens (tertiary/aromatic N) is 2. The lowest BCUT2D eigenvalue weighted by molar-refractivity contribution is -0.157. The number of carbonyl (C=O) groups is 2. The van der Waals surface area contributed by atoms with Crippen LogP contribution >= 0.6 is 0 Å². The van der Waals surface area contributed by atoms with Gasteiger partial charge < -0.3 is 15.2 Å². The number of nitrogens with one attached hydrogen (secondary N) is 1. The van der Waals surface area contributed by atoms with Crippen molar-refractivity contribution in [2.24, 2.45) is 5.41 Å². The quantitative estimate of drug-likeness (QED) is 0.542. The van der Waals surface area contributed by atoms with Gasteiger partial charge in [0.2, 0.25) is 0 Å². The molecule has 1 aliphatic rings. The monoisotopic (exact) mass is 467 g/mol. The van der Waals surface area contributed by atoms with Crippen molar-refractivity contribution in [3.8, 4) is 0 Å². The summed E-state index contributed by atoms with van der Waals surface area (Å²) in [6, 6.07) is 7.48. The molecule has 3 aromatic rings. The summed E-state index contributed by atoms with van der Waals surface area (Å²) in [6.45, 7) is 6.64. The second-order valence-electron chi connectivity index (χ2n) is 9.48. The predicted molar refractivity (Wildman–Crippen MR) is 124 cm³/mol. The highest BCUT2D eigenvalue weighted by atomic mass is 19.1. The molecule has 1 aromatic heterocycles. The van der Waals surface area contributed by atoms with Gasteiger partial charge in [-0.2, -0.15) is 0 Å². The summed E-state index contributed by atoms with van der Waals surface area (Å²) in [6.07, 6.45) is 1.36. The Morgan fingerprint density at radius 3 is 2.71 bits per heavy atom. The number of aromatic nitrogens is 2. The fraction of sp³-hybridized carbons (Fsp3) is 0.360. The number of aryl methyl sites for hydroxylation is 2. The number of carboxylic acids is 1. The molecule has 34 heavy (non-hydrogen) atoms. The van der Waals surface area contributed by atoms with Gasteiger partial charge in [0.1, 0.15) is 5.82 Å². The number of aromatic carboxylic acids is 1. The lowest BCUT2D eigenvalue weighted by Crippen LogP contribution is -2.30. The van der Waals surface area contributed by atoms with Gasteiger partial charge in [-0.25, -0.2) is 14.2 Å². The van der Waals surface area contributed by atoms with E-state index in [-0.39, 0.29) is 24.0 Å². The SMILES string of the molecule is Cc1nc2cc3c(cc2c(=O)n1COC(=O)C(C)(C)C)[C@H](Nc1cccc(C(=O)O)c1F)CC3. The molecule has 0 spiro atoms. The van der Waals surface area contributed by atoms with Gasteiger partial charge in [0.05, 0.1) is 33.6 Å². The van der Waals surface area contributed by atoms with Crippen LogP contribution in [-0.4, -0.2) is 26.6 Å². The normalized spacial score (nSPS) is 15.3. The highest BCUT2D eigenvalue weighted by molar-refractivity contribution is 5.89. The molecule has 178 valence electrons. The summed E-state index contributed by atoms with van der Waals surface area (Å²) in [5, 5.41) is 12.6. The van der Waals surface area contributed by atoms with Gasteiger partial charge in [0.15, 0.2) is 12.5 Å². The molecule has 0 amide bonds. The van der Waals surface area contributed by atoms with Crippen molar-refractivity contribution in [3.05, 3.63) is 69.0 Å². The van der Waals surface area contributed by atoms with E-state index < -0.39 is 28.7 Å². The molecular weight excluding hydrogens is 441 g/mol. The third kappa shape index (κ3) is 4.25. The van der Waals surface area contributed by atoms with Crippen molar-refractivity contribution in [1.29, 1.82) is 0 Å². The zero-order chi connectivity index (χ0) is 24.8. The number of hydrogen-bond donors (Lipinski definition) is 2. The molecule has 2 N–H and O–H groups in total. The molecule has 1 heterocycles. The van der Waals surface area contributed by atoms with Crippen LogP contribution in [0.25, 0.3) is 10.9 Å². The molecule has 4 rings (SSSR count). The van der Waals surface area contributed by atoms with E-state index in [0.29, 0.717) is 29.6 Å². The van der Waals surface area contributed by atoms with E-state index >= 15 is 0 Å². The van der Waals surface area contributed by atoms with Crippen LogP contribution in [0.4, 0.5) is 10.1 Å². The van der Waals surface area contributed by atoms with E-state index in [4.69, 9.17) is 4.74 Å². The number of rotatable bonds is 5. The largest absolute Gasteiger partial charge is 0.478 e. The molecule has 0 radical (unpaired) electrons. The van der Waals surface area contributed by atoms with E-state index in [1.807, 2.05) is 6.07 Å². The van der Waals surface area contributed by atoms with Gasteiger partial charge in [-0.05, 0) is 75.9 Å². The van der Waals surface area contributed by atoms with Crippen LogP contribution in [0.3, 0.4) is 0 Å². The number of carboxylic acid groups (broad SMARTS) is 1. The van der Waals surface area contributed by atoms with Crippen molar-refractivity contribution >= 4 is 28.5 Å². The lowest BCUT2D eigenvalue weighted by Gasteiger charge is -2.19. The standard InChI is InChI=1S/C25H26FN3O5/c1-13-27-20-10-14-8-9-18(28-19-7-5-6-15(21(19)26)23(31)32)16(14)11-17(20)22(30)29(13)12-34-24(33)25(2,3)4/h5-7,10-11,18,28H,8-9,12H2,1-4H3,(H,31,32)/t18-/m1/s1.